The second-order valence-corrected chi connectivity index (χ2v) is 4.41. The van der Waals surface area contributed by atoms with Crippen LogP contribution in [0.15, 0.2) is 0 Å². The van der Waals surface area contributed by atoms with Crippen LogP contribution in [0, 0.1) is 0 Å². The summed E-state index contributed by atoms with van der Waals surface area (Å²) in [5.41, 5.74) is 0. The van der Waals surface area contributed by atoms with Crippen molar-refractivity contribution in [1.82, 2.24) is 0 Å². The summed E-state index contributed by atoms with van der Waals surface area (Å²) < 4.78 is 97.1. The zero-order chi connectivity index (χ0) is 16.1. The van der Waals surface area contributed by atoms with Gasteiger partial charge in [0.25, 0.3) is 0 Å². The summed E-state index contributed by atoms with van der Waals surface area (Å²) >= 11 is 0. The van der Waals surface area contributed by atoms with E-state index < -0.39 is 43.9 Å². The Kier molecular flexibility index (Phi) is 6.26. The zero-order valence-corrected chi connectivity index (χ0v) is 11.2. The van der Waals surface area contributed by atoms with Gasteiger partial charge in [-0.25, -0.2) is 0 Å². The molecule has 1 fully saturated rings. The lowest BCUT2D eigenvalue weighted by Crippen LogP contribution is -2.58. The van der Waals surface area contributed by atoms with Crippen LogP contribution in [-0.2, 0) is 18.9 Å². The molecule has 0 aromatic heterocycles. The van der Waals surface area contributed by atoms with Crippen molar-refractivity contribution in [3.05, 3.63) is 0 Å². The van der Waals surface area contributed by atoms with E-state index in [0.717, 1.165) is 0 Å². The fraction of sp³-hybridized carbons (Fsp3) is 1.00. The van der Waals surface area contributed by atoms with Gasteiger partial charge in [-0.15, -0.1) is 0 Å². The van der Waals surface area contributed by atoms with Gasteiger partial charge in [0.1, 0.15) is 26.1 Å². The first-order valence-electron chi connectivity index (χ1n) is 6.12. The minimum atomic E-state index is -5.61. The van der Waals surface area contributed by atoms with E-state index in [1.54, 1.807) is 0 Å². The monoisotopic (exact) mass is 326 g/mol. The Balaban J connectivity index is 2.51. The van der Waals surface area contributed by atoms with Gasteiger partial charge in [-0.1, -0.05) is 0 Å². The molecule has 1 heterocycles. The molecule has 0 N–H and O–H groups in total. The molecule has 0 spiro atoms. The Morgan fingerprint density at radius 3 is 1.95 bits per heavy atom. The minimum absolute atomic E-state index is 0.106. The van der Waals surface area contributed by atoms with Gasteiger partial charge in [0, 0.05) is 6.61 Å². The van der Waals surface area contributed by atoms with E-state index in [2.05, 4.69) is 18.9 Å². The summed E-state index contributed by atoms with van der Waals surface area (Å²) in [6.45, 7) is -2.87. The summed E-state index contributed by atoms with van der Waals surface area (Å²) in [5.74, 6) is -15.7. The maximum absolute atomic E-state index is 13.3. The second kappa shape index (κ2) is 7.12. The Hall–Kier alpha value is -0.580. The predicted octanol–water partition coefficient (Wildman–Crippen LogP) is 2.32. The van der Waals surface area contributed by atoms with E-state index in [9.17, 15) is 26.3 Å². The fourth-order valence-electron chi connectivity index (χ4n) is 1.24. The molecule has 1 aliphatic rings. The lowest BCUT2D eigenvalue weighted by molar-refractivity contribution is -0.331. The van der Waals surface area contributed by atoms with Crippen molar-refractivity contribution in [2.45, 2.75) is 30.8 Å². The number of halogens is 6. The molecule has 126 valence electrons. The standard InChI is InChI=1S/C11H16F6O4/c1-2-18-7-20-6-10(14,15)11(16,17)9(12,13)5-19-3-8-4-21-8/h8H,2-7H2,1H3. The van der Waals surface area contributed by atoms with Crippen molar-refractivity contribution in [1.29, 1.82) is 0 Å². The number of hydrogen-bond acceptors (Lipinski definition) is 4. The summed E-state index contributed by atoms with van der Waals surface area (Å²) in [5, 5.41) is 0. The van der Waals surface area contributed by atoms with Gasteiger partial charge >= 0.3 is 17.8 Å². The first-order chi connectivity index (χ1) is 9.64. The third-order valence-corrected chi connectivity index (χ3v) is 2.56. The smallest absolute Gasteiger partial charge is 0.372 e. The first kappa shape index (κ1) is 18.5. The number of ether oxygens (including phenoxy) is 4. The number of rotatable bonds is 11. The molecule has 0 aromatic carbocycles. The van der Waals surface area contributed by atoms with Crippen molar-refractivity contribution in [3.63, 3.8) is 0 Å². The van der Waals surface area contributed by atoms with Gasteiger partial charge in [0.05, 0.1) is 13.2 Å². The molecule has 0 radical (unpaired) electrons. The maximum Gasteiger partial charge on any atom is 0.376 e. The Morgan fingerprint density at radius 1 is 0.952 bits per heavy atom. The molecule has 1 rings (SSSR count). The second-order valence-electron chi connectivity index (χ2n) is 4.41. The number of epoxide rings is 1. The molecule has 1 atom stereocenters. The van der Waals surface area contributed by atoms with Gasteiger partial charge in [0.2, 0.25) is 0 Å². The van der Waals surface area contributed by atoms with E-state index in [4.69, 9.17) is 0 Å². The molecule has 21 heavy (non-hydrogen) atoms. The van der Waals surface area contributed by atoms with Gasteiger partial charge in [-0.3, -0.25) is 0 Å². The summed E-state index contributed by atoms with van der Waals surface area (Å²) in [6.07, 6.45) is -0.440. The van der Waals surface area contributed by atoms with E-state index in [0.29, 0.717) is 0 Å². The van der Waals surface area contributed by atoms with Crippen LogP contribution in [0.2, 0.25) is 0 Å². The highest BCUT2D eigenvalue weighted by atomic mass is 19.3. The summed E-state index contributed by atoms with van der Waals surface area (Å²) in [7, 11) is 0. The lowest BCUT2D eigenvalue weighted by atomic mass is 10.1. The molecular formula is C11H16F6O4. The third kappa shape index (κ3) is 4.97. The molecule has 0 bridgehead atoms. The SMILES string of the molecule is CCOCOCC(F)(F)C(F)(F)C(F)(F)COCC1CO1. The van der Waals surface area contributed by atoms with Crippen molar-refractivity contribution in [2.75, 3.05) is 39.8 Å². The van der Waals surface area contributed by atoms with Crippen molar-refractivity contribution >= 4 is 0 Å². The molecule has 1 aliphatic heterocycles. The Labute approximate surface area is 117 Å². The van der Waals surface area contributed by atoms with Crippen LogP contribution in [0.25, 0.3) is 0 Å². The van der Waals surface area contributed by atoms with Crippen molar-refractivity contribution in [3.8, 4) is 0 Å². The highest BCUT2D eigenvalue weighted by Gasteiger charge is 2.71. The molecule has 0 aliphatic carbocycles. The molecule has 1 unspecified atom stereocenters. The molecule has 0 amide bonds. The maximum atomic E-state index is 13.3. The molecule has 0 saturated carbocycles. The zero-order valence-electron chi connectivity index (χ0n) is 11.2. The minimum Gasteiger partial charge on any atom is -0.372 e. The van der Waals surface area contributed by atoms with Gasteiger partial charge in [0.15, 0.2) is 0 Å². The van der Waals surface area contributed by atoms with E-state index in [-0.39, 0.29) is 19.8 Å². The van der Waals surface area contributed by atoms with Crippen LogP contribution < -0.4 is 0 Å². The quantitative estimate of drug-likeness (QED) is 0.253. The number of hydrogen-bond donors (Lipinski definition) is 0. The van der Waals surface area contributed by atoms with Gasteiger partial charge < -0.3 is 18.9 Å². The van der Waals surface area contributed by atoms with E-state index >= 15 is 0 Å². The molecular weight excluding hydrogens is 310 g/mol. The Bertz CT molecular complexity index is 322. The normalized spacial score (nSPS) is 19.9. The van der Waals surface area contributed by atoms with Gasteiger partial charge in [-0.05, 0) is 6.92 Å². The summed E-state index contributed by atoms with van der Waals surface area (Å²) in [6, 6.07) is 0. The Morgan fingerprint density at radius 2 is 1.48 bits per heavy atom. The highest BCUT2D eigenvalue weighted by molar-refractivity contribution is 4.96. The van der Waals surface area contributed by atoms with E-state index in [1.807, 2.05) is 0 Å². The van der Waals surface area contributed by atoms with Crippen molar-refractivity contribution in [2.24, 2.45) is 0 Å². The molecule has 0 aromatic rings. The van der Waals surface area contributed by atoms with Crippen LogP contribution in [0.5, 0.6) is 0 Å². The summed E-state index contributed by atoms with van der Waals surface area (Å²) in [4.78, 5) is 0. The molecule has 10 heteroatoms. The molecule has 4 nitrogen and oxygen atoms in total. The predicted molar refractivity (Wildman–Crippen MR) is 57.8 cm³/mol. The van der Waals surface area contributed by atoms with Crippen LogP contribution in [-0.4, -0.2) is 63.7 Å². The van der Waals surface area contributed by atoms with Gasteiger partial charge in [-0.2, -0.15) is 26.3 Å². The van der Waals surface area contributed by atoms with Crippen LogP contribution in [0.4, 0.5) is 26.3 Å². The van der Waals surface area contributed by atoms with E-state index in [1.165, 1.54) is 6.92 Å². The molecule has 1 saturated heterocycles. The van der Waals surface area contributed by atoms with Crippen molar-refractivity contribution < 1.29 is 45.3 Å². The average molecular weight is 326 g/mol. The topological polar surface area (TPSA) is 40.2 Å². The highest BCUT2D eigenvalue weighted by Crippen LogP contribution is 2.46. The number of alkyl halides is 6. The van der Waals surface area contributed by atoms with Crippen LogP contribution in [0.1, 0.15) is 6.92 Å². The lowest BCUT2D eigenvalue weighted by Gasteiger charge is -2.32. The van der Waals surface area contributed by atoms with Crippen LogP contribution >= 0.6 is 0 Å². The third-order valence-electron chi connectivity index (χ3n) is 2.56. The first-order valence-corrected chi connectivity index (χ1v) is 6.12. The average Bonchev–Trinajstić information content (AvgIpc) is 3.18. The fourth-order valence-corrected chi connectivity index (χ4v) is 1.24. The van der Waals surface area contributed by atoms with Crippen LogP contribution in [0.3, 0.4) is 0 Å². The largest absolute Gasteiger partial charge is 0.376 e.